The van der Waals surface area contributed by atoms with Crippen LogP contribution in [0.5, 0.6) is 0 Å². The van der Waals surface area contributed by atoms with Gasteiger partial charge in [0.15, 0.2) is 0 Å². The lowest BCUT2D eigenvalue weighted by molar-refractivity contribution is -0.127. The van der Waals surface area contributed by atoms with Gasteiger partial charge in [-0.25, -0.2) is 0 Å². The van der Waals surface area contributed by atoms with Gasteiger partial charge in [0.05, 0.1) is 24.9 Å². The highest BCUT2D eigenvalue weighted by atomic mass is 16.5. The van der Waals surface area contributed by atoms with Crippen LogP contribution in [0.4, 0.5) is 0 Å². The molecule has 0 unspecified atom stereocenters. The van der Waals surface area contributed by atoms with E-state index in [0.29, 0.717) is 18.8 Å². The summed E-state index contributed by atoms with van der Waals surface area (Å²) < 4.78 is 10.7. The molecule has 2 amide bonds. The van der Waals surface area contributed by atoms with Gasteiger partial charge in [0, 0.05) is 30.8 Å². The second kappa shape index (κ2) is 9.40. The Morgan fingerprint density at radius 2 is 1.83 bits per heavy atom. The zero-order chi connectivity index (χ0) is 20.9. The van der Waals surface area contributed by atoms with Crippen molar-refractivity contribution >= 4 is 11.8 Å². The van der Waals surface area contributed by atoms with Crippen molar-refractivity contribution in [1.29, 1.82) is 0 Å². The van der Waals surface area contributed by atoms with Crippen molar-refractivity contribution in [3.8, 4) is 11.3 Å². The fraction of sp³-hybridized carbons (Fsp3) is 0.500. The number of amides is 2. The predicted molar refractivity (Wildman–Crippen MR) is 111 cm³/mol. The van der Waals surface area contributed by atoms with Crippen molar-refractivity contribution in [1.82, 2.24) is 20.8 Å². The number of aromatic amines is 1. The van der Waals surface area contributed by atoms with Crippen LogP contribution < -0.4 is 10.6 Å². The minimum atomic E-state index is -0.0794. The number of nitrogens with one attached hydrogen (secondary N) is 3. The van der Waals surface area contributed by atoms with Gasteiger partial charge in [-0.15, -0.1) is 0 Å². The molecule has 160 valence electrons. The Morgan fingerprint density at radius 1 is 1.07 bits per heavy atom. The van der Waals surface area contributed by atoms with E-state index >= 15 is 0 Å². The van der Waals surface area contributed by atoms with Crippen molar-refractivity contribution in [3.63, 3.8) is 0 Å². The van der Waals surface area contributed by atoms with E-state index in [9.17, 15) is 9.59 Å². The third kappa shape index (κ3) is 4.71. The molecule has 3 N–H and O–H groups in total. The fourth-order valence-corrected chi connectivity index (χ4v) is 4.19. The summed E-state index contributed by atoms with van der Waals surface area (Å²) in [5, 5.41) is 13.0. The Morgan fingerprint density at radius 3 is 2.50 bits per heavy atom. The van der Waals surface area contributed by atoms with Crippen LogP contribution in [0.25, 0.3) is 11.3 Å². The molecule has 1 aliphatic heterocycles. The maximum atomic E-state index is 12.6. The third-order valence-corrected chi connectivity index (χ3v) is 6.05. The summed E-state index contributed by atoms with van der Waals surface area (Å²) in [6.07, 6.45) is 4.74. The smallest absolute Gasteiger partial charge is 0.251 e. The second-order valence-electron chi connectivity index (χ2n) is 8.00. The van der Waals surface area contributed by atoms with E-state index in [-0.39, 0.29) is 35.9 Å². The number of carbonyl (C=O) groups excluding carboxylic acids is 2. The first-order chi connectivity index (χ1) is 14.6. The molecular weight excluding hydrogens is 384 g/mol. The SMILES string of the molecule is CO[C@H]1COC[C@@H]1NC(=O)C1CCC(NC(=O)c2ccc(-c3ccn[nH]3)cc2)CC1. The molecular formula is C22H28N4O4. The number of aromatic nitrogens is 2. The van der Waals surface area contributed by atoms with Crippen LogP contribution in [0.2, 0.25) is 0 Å². The monoisotopic (exact) mass is 412 g/mol. The van der Waals surface area contributed by atoms with Crippen LogP contribution >= 0.6 is 0 Å². The molecule has 8 heteroatoms. The molecule has 0 radical (unpaired) electrons. The van der Waals surface area contributed by atoms with Crippen LogP contribution in [0, 0.1) is 5.92 Å². The molecule has 0 spiro atoms. The molecule has 1 saturated heterocycles. The molecule has 4 rings (SSSR count). The molecule has 0 bridgehead atoms. The molecule has 2 atom stereocenters. The Labute approximate surface area is 175 Å². The molecule has 1 aliphatic carbocycles. The normalized spacial score (nSPS) is 26.3. The third-order valence-electron chi connectivity index (χ3n) is 6.05. The van der Waals surface area contributed by atoms with Gasteiger partial charge in [-0.05, 0) is 49.4 Å². The van der Waals surface area contributed by atoms with E-state index < -0.39 is 0 Å². The van der Waals surface area contributed by atoms with Crippen molar-refractivity contribution in [2.24, 2.45) is 5.92 Å². The van der Waals surface area contributed by atoms with Gasteiger partial charge < -0.3 is 20.1 Å². The van der Waals surface area contributed by atoms with Gasteiger partial charge in [-0.1, -0.05) is 12.1 Å². The maximum Gasteiger partial charge on any atom is 0.251 e. The maximum absolute atomic E-state index is 12.6. The van der Waals surface area contributed by atoms with E-state index in [1.807, 2.05) is 30.3 Å². The molecule has 2 fully saturated rings. The lowest BCUT2D eigenvalue weighted by Gasteiger charge is -2.29. The zero-order valence-corrected chi connectivity index (χ0v) is 17.1. The highest BCUT2D eigenvalue weighted by Gasteiger charge is 2.33. The number of nitrogens with zero attached hydrogens (tertiary/aromatic N) is 1. The number of H-pyrrole nitrogens is 1. The van der Waals surface area contributed by atoms with Crippen molar-refractivity contribution in [2.45, 2.75) is 43.9 Å². The number of methoxy groups -OCH3 is 1. The summed E-state index contributed by atoms with van der Waals surface area (Å²) in [5.41, 5.74) is 2.53. The average molecular weight is 412 g/mol. The van der Waals surface area contributed by atoms with E-state index in [0.717, 1.165) is 36.9 Å². The lowest BCUT2D eigenvalue weighted by Crippen LogP contribution is -2.47. The Balaban J connectivity index is 1.24. The summed E-state index contributed by atoms with van der Waals surface area (Å²) in [6.45, 7) is 1.01. The first-order valence-corrected chi connectivity index (χ1v) is 10.5. The standard InChI is InChI=1S/C22H28N4O4/c1-29-20-13-30-12-19(20)25-22(28)16-6-8-17(9-7-16)24-21(27)15-4-2-14(3-5-15)18-10-11-23-26-18/h2-5,10-11,16-17,19-20H,6-9,12-13H2,1H3,(H,23,26)(H,24,27)(H,25,28)/t16?,17?,19-,20-/m0/s1. The summed E-state index contributed by atoms with van der Waals surface area (Å²) in [7, 11) is 1.64. The van der Waals surface area contributed by atoms with Gasteiger partial charge in [0.1, 0.15) is 6.10 Å². The molecule has 2 aliphatic rings. The second-order valence-corrected chi connectivity index (χ2v) is 8.00. The highest BCUT2D eigenvalue weighted by Crippen LogP contribution is 2.25. The highest BCUT2D eigenvalue weighted by molar-refractivity contribution is 5.94. The van der Waals surface area contributed by atoms with Crippen molar-refractivity contribution in [2.75, 3.05) is 20.3 Å². The molecule has 2 heterocycles. The molecule has 2 aromatic rings. The predicted octanol–water partition coefficient (Wildman–Crippen LogP) is 1.90. The van der Waals surface area contributed by atoms with Crippen LogP contribution in [-0.4, -0.2) is 60.5 Å². The van der Waals surface area contributed by atoms with Gasteiger partial charge in [-0.3, -0.25) is 14.7 Å². The average Bonchev–Trinajstić information content (AvgIpc) is 3.46. The Bertz CT molecular complexity index is 845. The van der Waals surface area contributed by atoms with Crippen molar-refractivity contribution in [3.05, 3.63) is 42.1 Å². The van der Waals surface area contributed by atoms with Gasteiger partial charge >= 0.3 is 0 Å². The topological polar surface area (TPSA) is 105 Å². The van der Waals surface area contributed by atoms with Crippen molar-refractivity contribution < 1.29 is 19.1 Å². The minimum absolute atomic E-state index is 0.0232. The van der Waals surface area contributed by atoms with E-state index in [1.165, 1.54) is 0 Å². The van der Waals surface area contributed by atoms with Gasteiger partial charge in [-0.2, -0.15) is 5.10 Å². The molecule has 1 saturated carbocycles. The molecule has 1 aromatic carbocycles. The summed E-state index contributed by atoms with van der Waals surface area (Å²) in [6, 6.07) is 9.35. The number of hydrogen-bond donors (Lipinski definition) is 3. The molecule has 8 nitrogen and oxygen atoms in total. The minimum Gasteiger partial charge on any atom is -0.377 e. The Kier molecular flexibility index (Phi) is 6.44. The summed E-state index contributed by atoms with van der Waals surface area (Å²) in [5.74, 6) is -0.0400. The van der Waals surface area contributed by atoms with Crippen LogP contribution in [0.3, 0.4) is 0 Å². The number of carbonyl (C=O) groups is 2. The van der Waals surface area contributed by atoms with Gasteiger partial charge in [0.25, 0.3) is 5.91 Å². The Hall–Kier alpha value is -2.71. The largest absolute Gasteiger partial charge is 0.377 e. The molecule has 1 aromatic heterocycles. The van der Waals surface area contributed by atoms with E-state index in [1.54, 1.807) is 13.3 Å². The number of ether oxygens (including phenoxy) is 2. The fourth-order valence-electron chi connectivity index (χ4n) is 4.19. The first-order valence-electron chi connectivity index (χ1n) is 10.5. The lowest BCUT2D eigenvalue weighted by atomic mass is 9.85. The van der Waals surface area contributed by atoms with Crippen LogP contribution in [0.15, 0.2) is 36.5 Å². The zero-order valence-electron chi connectivity index (χ0n) is 17.1. The van der Waals surface area contributed by atoms with E-state index in [2.05, 4.69) is 20.8 Å². The summed E-state index contributed by atoms with van der Waals surface area (Å²) >= 11 is 0. The number of rotatable bonds is 6. The summed E-state index contributed by atoms with van der Waals surface area (Å²) in [4.78, 5) is 25.2. The van der Waals surface area contributed by atoms with Crippen LogP contribution in [0.1, 0.15) is 36.0 Å². The quantitative estimate of drug-likeness (QED) is 0.672. The number of hydrogen-bond acceptors (Lipinski definition) is 5. The number of benzene rings is 1. The molecule has 30 heavy (non-hydrogen) atoms. The first kappa shape index (κ1) is 20.6. The van der Waals surface area contributed by atoms with E-state index in [4.69, 9.17) is 9.47 Å². The van der Waals surface area contributed by atoms with Crippen LogP contribution in [-0.2, 0) is 14.3 Å². The van der Waals surface area contributed by atoms with Gasteiger partial charge in [0.2, 0.25) is 5.91 Å².